The van der Waals surface area contributed by atoms with Crippen molar-refractivity contribution in [3.63, 3.8) is 0 Å². The SMILES string of the molecule is Cc1ccc(F)cc1NC(=O)Cn1cnc2cc(Cl)ccc2c1=O. The third kappa shape index (κ3) is 3.28. The number of amides is 1. The lowest BCUT2D eigenvalue weighted by Crippen LogP contribution is -2.28. The van der Waals surface area contributed by atoms with Crippen LogP contribution >= 0.6 is 11.6 Å². The molecule has 122 valence electrons. The Bertz CT molecular complexity index is 1000. The van der Waals surface area contributed by atoms with Crippen molar-refractivity contribution in [2.24, 2.45) is 0 Å². The van der Waals surface area contributed by atoms with Crippen LogP contribution in [-0.4, -0.2) is 15.5 Å². The molecule has 3 rings (SSSR count). The average molecular weight is 346 g/mol. The van der Waals surface area contributed by atoms with E-state index in [0.717, 1.165) is 5.56 Å². The van der Waals surface area contributed by atoms with Crippen LogP contribution in [0.25, 0.3) is 10.9 Å². The molecule has 0 spiro atoms. The Morgan fingerprint density at radius 1 is 1.29 bits per heavy atom. The van der Waals surface area contributed by atoms with Gasteiger partial charge < -0.3 is 5.32 Å². The quantitative estimate of drug-likeness (QED) is 0.793. The van der Waals surface area contributed by atoms with E-state index in [1.54, 1.807) is 31.2 Å². The van der Waals surface area contributed by atoms with Crippen LogP contribution in [0, 0.1) is 12.7 Å². The fourth-order valence-corrected chi connectivity index (χ4v) is 2.48. The van der Waals surface area contributed by atoms with Crippen LogP contribution in [0.2, 0.25) is 5.02 Å². The lowest BCUT2D eigenvalue weighted by Gasteiger charge is -2.10. The number of rotatable bonds is 3. The molecule has 0 aliphatic carbocycles. The highest BCUT2D eigenvalue weighted by molar-refractivity contribution is 6.31. The number of aromatic nitrogens is 2. The molecule has 0 radical (unpaired) electrons. The first-order valence-electron chi connectivity index (χ1n) is 7.15. The van der Waals surface area contributed by atoms with Gasteiger partial charge in [0, 0.05) is 10.7 Å². The maximum absolute atomic E-state index is 13.3. The second kappa shape index (κ2) is 6.41. The molecule has 1 aromatic heterocycles. The van der Waals surface area contributed by atoms with Gasteiger partial charge in [-0.05, 0) is 42.8 Å². The predicted octanol–water partition coefficient (Wildman–Crippen LogP) is 3.14. The molecule has 0 saturated carbocycles. The Hall–Kier alpha value is -2.73. The number of nitrogens with zero attached hydrogens (tertiary/aromatic N) is 2. The number of aryl methyl sites for hydroxylation is 1. The Kier molecular flexibility index (Phi) is 4.31. The van der Waals surface area contributed by atoms with Gasteiger partial charge in [0.25, 0.3) is 5.56 Å². The first-order chi connectivity index (χ1) is 11.4. The molecule has 1 heterocycles. The van der Waals surface area contributed by atoms with Gasteiger partial charge >= 0.3 is 0 Å². The molecule has 7 heteroatoms. The van der Waals surface area contributed by atoms with Crippen LogP contribution in [0.15, 0.2) is 47.5 Å². The van der Waals surface area contributed by atoms with Crippen molar-refractivity contribution < 1.29 is 9.18 Å². The van der Waals surface area contributed by atoms with E-state index in [-0.39, 0.29) is 12.1 Å². The zero-order chi connectivity index (χ0) is 17.3. The number of fused-ring (bicyclic) bond motifs is 1. The minimum atomic E-state index is -0.447. The molecule has 1 N–H and O–H groups in total. The van der Waals surface area contributed by atoms with Crippen LogP contribution in [0.4, 0.5) is 10.1 Å². The molecule has 0 bridgehead atoms. The summed E-state index contributed by atoms with van der Waals surface area (Å²) in [5.74, 6) is -0.891. The topological polar surface area (TPSA) is 64.0 Å². The Balaban J connectivity index is 1.85. The van der Waals surface area contributed by atoms with E-state index in [2.05, 4.69) is 10.3 Å². The minimum Gasteiger partial charge on any atom is -0.324 e. The van der Waals surface area contributed by atoms with Crippen LogP contribution in [0.1, 0.15) is 5.56 Å². The van der Waals surface area contributed by atoms with Crippen molar-refractivity contribution in [2.75, 3.05) is 5.32 Å². The lowest BCUT2D eigenvalue weighted by molar-refractivity contribution is -0.116. The number of hydrogen-bond acceptors (Lipinski definition) is 3. The fourth-order valence-electron chi connectivity index (χ4n) is 2.32. The predicted molar refractivity (Wildman–Crippen MR) is 90.8 cm³/mol. The van der Waals surface area contributed by atoms with Crippen molar-refractivity contribution >= 4 is 34.1 Å². The molecule has 0 atom stereocenters. The molecule has 0 saturated heterocycles. The van der Waals surface area contributed by atoms with Crippen molar-refractivity contribution in [1.29, 1.82) is 0 Å². The van der Waals surface area contributed by atoms with E-state index in [4.69, 9.17) is 11.6 Å². The van der Waals surface area contributed by atoms with Crippen LogP contribution in [0.3, 0.4) is 0 Å². The van der Waals surface area contributed by atoms with Crippen molar-refractivity contribution in [2.45, 2.75) is 13.5 Å². The van der Waals surface area contributed by atoms with Crippen LogP contribution < -0.4 is 10.9 Å². The second-order valence-corrected chi connectivity index (χ2v) is 5.78. The Morgan fingerprint density at radius 3 is 2.88 bits per heavy atom. The summed E-state index contributed by atoms with van der Waals surface area (Å²) in [5, 5.41) is 3.45. The number of carbonyl (C=O) groups excluding carboxylic acids is 1. The number of anilines is 1. The van der Waals surface area contributed by atoms with Gasteiger partial charge in [0.15, 0.2) is 0 Å². The zero-order valence-corrected chi connectivity index (χ0v) is 13.5. The molecule has 3 aromatic rings. The molecule has 0 unspecified atom stereocenters. The van der Waals surface area contributed by atoms with Gasteiger partial charge in [-0.25, -0.2) is 9.37 Å². The molecule has 2 aromatic carbocycles. The largest absolute Gasteiger partial charge is 0.324 e. The van der Waals surface area contributed by atoms with Gasteiger partial charge in [-0.1, -0.05) is 17.7 Å². The molecule has 24 heavy (non-hydrogen) atoms. The first-order valence-corrected chi connectivity index (χ1v) is 7.52. The molecule has 0 aliphatic rings. The number of carbonyl (C=O) groups is 1. The third-order valence-electron chi connectivity index (χ3n) is 3.57. The first kappa shape index (κ1) is 16.1. The number of benzene rings is 2. The third-order valence-corrected chi connectivity index (χ3v) is 3.81. The maximum Gasteiger partial charge on any atom is 0.261 e. The average Bonchev–Trinajstić information content (AvgIpc) is 2.53. The maximum atomic E-state index is 13.3. The molecule has 1 amide bonds. The number of nitrogens with one attached hydrogen (secondary N) is 1. The van der Waals surface area contributed by atoms with Crippen molar-refractivity contribution in [1.82, 2.24) is 9.55 Å². The van der Waals surface area contributed by atoms with Gasteiger partial charge in [0.2, 0.25) is 5.91 Å². The van der Waals surface area contributed by atoms with E-state index in [0.29, 0.717) is 21.6 Å². The standard InChI is InChI=1S/C17H13ClFN3O2/c1-10-2-4-12(19)7-14(10)21-16(23)8-22-9-20-15-6-11(18)3-5-13(15)17(22)24/h2-7,9H,8H2,1H3,(H,21,23). The summed E-state index contributed by atoms with van der Waals surface area (Å²) in [6.07, 6.45) is 1.29. The van der Waals surface area contributed by atoms with Gasteiger partial charge in [-0.15, -0.1) is 0 Å². The summed E-state index contributed by atoms with van der Waals surface area (Å²) >= 11 is 5.87. The van der Waals surface area contributed by atoms with E-state index in [1.807, 2.05) is 0 Å². The fraction of sp³-hybridized carbons (Fsp3) is 0.118. The van der Waals surface area contributed by atoms with E-state index < -0.39 is 11.7 Å². The number of halogens is 2. The van der Waals surface area contributed by atoms with Gasteiger partial charge in [0.05, 0.1) is 17.2 Å². The van der Waals surface area contributed by atoms with E-state index in [1.165, 1.54) is 23.0 Å². The summed E-state index contributed by atoms with van der Waals surface area (Å²) < 4.78 is 14.5. The molecule has 0 fully saturated rings. The van der Waals surface area contributed by atoms with Gasteiger partial charge in [-0.3, -0.25) is 14.2 Å². The van der Waals surface area contributed by atoms with E-state index in [9.17, 15) is 14.0 Å². The van der Waals surface area contributed by atoms with Crippen LogP contribution in [-0.2, 0) is 11.3 Å². The second-order valence-electron chi connectivity index (χ2n) is 5.35. The van der Waals surface area contributed by atoms with E-state index >= 15 is 0 Å². The molecule has 5 nitrogen and oxygen atoms in total. The molecule has 0 aliphatic heterocycles. The smallest absolute Gasteiger partial charge is 0.261 e. The number of hydrogen-bond donors (Lipinski definition) is 1. The van der Waals surface area contributed by atoms with Crippen LogP contribution in [0.5, 0.6) is 0 Å². The summed E-state index contributed by atoms with van der Waals surface area (Å²) in [6.45, 7) is 1.53. The molecular formula is C17H13ClFN3O2. The summed E-state index contributed by atoms with van der Waals surface area (Å²) in [4.78, 5) is 28.7. The minimum absolute atomic E-state index is 0.222. The summed E-state index contributed by atoms with van der Waals surface area (Å²) in [6, 6.07) is 8.85. The van der Waals surface area contributed by atoms with Crippen molar-refractivity contribution in [3.05, 3.63) is 69.5 Å². The monoisotopic (exact) mass is 345 g/mol. The normalized spacial score (nSPS) is 10.8. The Labute approximate surface area is 141 Å². The van der Waals surface area contributed by atoms with Crippen molar-refractivity contribution in [3.8, 4) is 0 Å². The highest BCUT2D eigenvalue weighted by Gasteiger charge is 2.10. The van der Waals surface area contributed by atoms with Gasteiger partial charge in [-0.2, -0.15) is 0 Å². The van der Waals surface area contributed by atoms with Gasteiger partial charge in [0.1, 0.15) is 12.4 Å². The summed E-state index contributed by atoms with van der Waals surface area (Å²) in [7, 11) is 0. The highest BCUT2D eigenvalue weighted by Crippen LogP contribution is 2.16. The lowest BCUT2D eigenvalue weighted by atomic mass is 10.2. The Morgan fingerprint density at radius 2 is 2.08 bits per heavy atom. The summed E-state index contributed by atoms with van der Waals surface area (Å²) in [5.41, 5.74) is 1.21. The highest BCUT2D eigenvalue weighted by atomic mass is 35.5. The molecular weight excluding hydrogens is 333 g/mol. The zero-order valence-electron chi connectivity index (χ0n) is 12.7.